The minimum Gasteiger partial charge on any atom is -0.497 e. The maximum Gasteiger partial charge on any atom is 0.329 e. The van der Waals surface area contributed by atoms with Crippen LogP contribution in [-0.4, -0.2) is 155 Å². The Morgan fingerprint density at radius 2 is 1.34 bits per heavy atom. The van der Waals surface area contributed by atoms with Crippen molar-refractivity contribution in [1.29, 1.82) is 0 Å². The molecule has 0 aliphatic carbocycles. The molecule has 2 aliphatic rings. The number of methoxy groups -OCH3 is 1. The zero-order valence-electron chi connectivity index (χ0n) is 55.1. The molecule has 19 heteroatoms. The van der Waals surface area contributed by atoms with Crippen LogP contribution in [0, 0.1) is 29.6 Å². The standard InChI is InChI=1S/C67H112N6O13/c1-15-17-18-19-20-21-22-23-24-25-26-27-28-29-30-33-56(75)71(12)53(40-44(5)6)63(79)70-59-48(11)85-67(83)54(41-49-34-36-50(84-14)37-35-49)72(13)66(82)52-32-31-38-73(52)65(81)51(39-43(3)4)68-62(78)47(10)60(77)61(45(7)8)86-57(76)42-55(74)58(46(9)16-2)69-64(59)80/h34-37,43-48,51-55,58-59,61,74H,15-33,38-42H2,1-14H3,(H,68,78)(H,69,80)(H,70,79)/t46-,47-,48+,51-,52-,53+,54-,55-,58-,59+,61-/m0/s1. The number of ketones is 1. The third-order valence-corrected chi connectivity index (χ3v) is 17.3. The maximum absolute atomic E-state index is 15.0. The van der Waals surface area contributed by atoms with Gasteiger partial charge in [0.05, 0.1) is 31.6 Å². The molecule has 4 N–H and O–H groups in total. The quantitative estimate of drug-likeness (QED) is 0.0332. The number of amides is 6. The van der Waals surface area contributed by atoms with E-state index in [0.717, 1.165) is 25.7 Å². The van der Waals surface area contributed by atoms with Crippen molar-refractivity contribution in [3.05, 3.63) is 29.8 Å². The summed E-state index contributed by atoms with van der Waals surface area (Å²) in [5.74, 6) is -8.55. The second kappa shape index (κ2) is 38.6. The van der Waals surface area contributed by atoms with E-state index in [1.54, 1.807) is 52.1 Å². The maximum atomic E-state index is 15.0. The van der Waals surface area contributed by atoms with E-state index in [4.69, 9.17) is 14.2 Å². The van der Waals surface area contributed by atoms with Crippen LogP contribution < -0.4 is 20.7 Å². The van der Waals surface area contributed by atoms with E-state index in [1.165, 1.54) is 107 Å². The van der Waals surface area contributed by atoms with E-state index < -0.39 is 126 Å². The lowest BCUT2D eigenvalue weighted by molar-refractivity contribution is -0.163. The largest absolute Gasteiger partial charge is 0.497 e. The van der Waals surface area contributed by atoms with Gasteiger partial charge in [-0.15, -0.1) is 0 Å². The van der Waals surface area contributed by atoms with Gasteiger partial charge in [0.15, 0.2) is 11.9 Å². The van der Waals surface area contributed by atoms with Gasteiger partial charge in [0, 0.05) is 33.5 Å². The molecule has 2 fully saturated rings. The van der Waals surface area contributed by atoms with Crippen LogP contribution >= 0.6 is 0 Å². The number of hydrogen-bond donors (Lipinski definition) is 4. The number of aliphatic hydroxyl groups excluding tert-OH is 1. The minimum absolute atomic E-state index is 0.0816. The van der Waals surface area contributed by atoms with Crippen molar-refractivity contribution in [1.82, 2.24) is 30.7 Å². The topological polar surface area (TPSA) is 247 Å². The molecule has 488 valence electrons. The van der Waals surface area contributed by atoms with Crippen LogP contribution in [-0.2, 0) is 59.0 Å². The Labute approximate surface area is 515 Å². The lowest BCUT2D eigenvalue weighted by atomic mass is 9.91. The van der Waals surface area contributed by atoms with Gasteiger partial charge < -0.3 is 50.0 Å². The molecule has 0 saturated carbocycles. The summed E-state index contributed by atoms with van der Waals surface area (Å²) in [6, 6.07) is -0.576. The Morgan fingerprint density at radius 1 is 0.767 bits per heavy atom. The van der Waals surface area contributed by atoms with Crippen molar-refractivity contribution in [3.63, 3.8) is 0 Å². The molecule has 0 bridgehead atoms. The smallest absolute Gasteiger partial charge is 0.329 e. The number of carbonyl (C=O) groups excluding carboxylic acids is 9. The monoisotopic (exact) mass is 1210 g/mol. The molecule has 86 heavy (non-hydrogen) atoms. The number of benzene rings is 1. The molecular formula is C67H112N6O13. The minimum atomic E-state index is -1.66. The highest BCUT2D eigenvalue weighted by atomic mass is 16.6. The predicted octanol–water partition coefficient (Wildman–Crippen LogP) is 9.21. The fourth-order valence-corrected chi connectivity index (χ4v) is 11.6. The van der Waals surface area contributed by atoms with Crippen molar-refractivity contribution < 1.29 is 62.5 Å². The average Bonchev–Trinajstić information content (AvgIpc) is 4.12. The molecule has 0 unspecified atom stereocenters. The first kappa shape index (κ1) is 74.7. The number of Topliss-reactive ketones (excluding diaryl/α,β-unsaturated/α-hetero) is 1. The number of aliphatic hydroxyl groups is 1. The SMILES string of the molecule is CCCCCCCCCCCCCCCCCC(=O)N(C)[C@H](CC(C)C)C(=O)N[C@H]1C(=O)N[C@@H]([C@@H](C)CC)[C@@H](O)CC(=O)O[C@@H](C(C)C)C(=O)[C@H](C)C(=O)N[C@@H](CC(C)C)C(=O)N2CCC[C@H]2C(=O)N(C)[C@@H](Cc2ccc(OC)cc2)C(=O)O[C@@H]1C. The molecule has 2 aliphatic heterocycles. The van der Waals surface area contributed by atoms with Crippen molar-refractivity contribution in [3.8, 4) is 5.75 Å². The first-order chi connectivity index (χ1) is 40.8. The van der Waals surface area contributed by atoms with Crippen LogP contribution in [0.25, 0.3) is 0 Å². The molecule has 6 amide bonds. The van der Waals surface area contributed by atoms with Crippen molar-refractivity contribution >= 4 is 53.2 Å². The average molecular weight is 1210 g/mol. The van der Waals surface area contributed by atoms with Gasteiger partial charge in [0.25, 0.3) is 0 Å². The summed E-state index contributed by atoms with van der Waals surface area (Å²) in [7, 11) is 4.53. The van der Waals surface area contributed by atoms with Gasteiger partial charge in [0.1, 0.15) is 42.1 Å². The summed E-state index contributed by atoms with van der Waals surface area (Å²) in [4.78, 5) is 135. The van der Waals surface area contributed by atoms with Crippen LogP contribution in [0.5, 0.6) is 5.75 Å². The highest BCUT2D eigenvalue weighted by Crippen LogP contribution is 2.27. The number of cyclic esters (lactones) is 2. The highest BCUT2D eigenvalue weighted by molar-refractivity contribution is 6.05. The fraction of sp³-hybridized carbons (Fsp3) is 0.776. The number of esters is 2. The van der Waals surface area contributed by atoms with Gasteiger partial charge in [-0.1, -0.05) is 171 Å². The fourth-order valence-electron chi connectivity index (χ4n) is 11.6. The van der Waals surface area contributed by atoms with Crippen molar-refractivity contribution in [2.24, 2.45) is 29.6 Å². The predicted molar refractivity (Wildman–Crippen MR) is 333 cm³/mol. The van der Waals surface area contributed by atoms with Gasteiger partial charge in [0.2, 0.25) is 35.4 Å². The second-order valence-corrected chi connectivity index (χ2v) is 25.8. The summed E-state index contributed by atoms with van der Waals surface area (Å²) < 4.78 is 17.4. The van der Waals surface area contributed by atoms with Crippen LogP contribution in [0.3, 0.4) is 0 Å². The number of likely N-dealkylation sites (N-methyl/N-ethyl adjacent to an activating group) is 2. The van der Waals surface area contributed by atoms with Crippen molar-refractivity contribution in [2.45, 2.75) is 278 Å². The van der Waals surface area contributed by atoms with Crippen LogP contribution in [0.4, 0.5) is 0 Å². The van der Waals surface area contributed by atoms with Gasteiger partial charge >= 0.3 is 11.9 Å². The molecule has 3 rings (SSSR count). The third kappa shape index (κ3) is 24.2. The number of fused-ring (bicyclic) bond motifs is 1. The Balaban J connectivity index is 2.06. The number of carbonyl (C=O) groups is 9. The van der Waals surface area contributed by atoms with E-state index in [1.807, 2.05) is 34.6 Å². The molecular weight excluding hydrogens is 1100 g/mol. The van der Waals surface area contributed by atoms with Crippen molar-refractivity contribution in [2.75, 3.05) is 27.7 Å². The zero-order valence-corrected chi connectivity index (χ0v) is 55.1. The van der Waals surface area contributed by atoms with E-state index in [0.29, 0.717) is 30.6 Å². The number of nitrogens with one attached hydrogen (secondary N) is 3. The number of ether oxygens (including phenoxy) is 3. The summed E-state index contributed by atoms with van der Waals surface area (Å²) in [5, 5.41) is 20.3. The Hall–Kier alpha value is -5.59. The molecule has 0 aromatic heterocycles. The lowest BCUT2D eigenvalue weighted by Gasteiger charge is -2.36. The number of nitrogens with zero attached hydrogens (tertiary/aromatic N) is 3. The molecule has 2 heterocycles. The first-order valence-corrected chi connectivity index (χ1v) is 32.8. The van der Waals surface area contributed by atoms with E-state index in [-0.39, 0.29) is 56.4 Å². The second-order valence-electron chi connectivity index (χ2n) is 25.8. The molecule has 1 aromatic carbocycles. The summed E-state index contributed by atoms with van der Waals surface area (Å²) >= 11 is 0. The van der Waals surface area contributed by atoms with E-state index >= 15 is 9.59 Å². The van der Waals surface area contributed by atoms with E-state index in [9.17, 15) is 38.7 Å². The number of rotatable bonds is 29. The summed E-state index contributed by atoms with van der Waals surface area (Å²) in [6.45, 7) is 19.6. The normalized spacial score (nSPS) is 24.3. The van der Waals surface area contributed by atoms with Crippen LogP contribution in [0.15, 0.2) is 24.3 Å². The Kier molecular flexibility index (Phi) is 33.5. The molecule has 19 nitrogen and oxygen atoms in total. The molecule has 11 atom stereocenters. The van der Waals surface area contributed by atoms with Gasteiger partial charge in [-0.3, -0.25) is 38.4 Å². The van der Waals surface area contributed by atoms with Gasteiger partial charge in [-0.05, 0) is 87.3 Å². The molecule has 0 radical (unpaired) electrons. The van der Waals surface area contributed by atoms with Crippen LogP contribution in [0.2, 0.25) is 0 Å². The molecule has 1 aromatic rings. The lowest BCUT2D eigenvalue weighted by Crippen LogP contribution is -2.61. The van der Waals surface area contributed by atoms with Gasteiger partial charge in [-0.25, -0.2) is 4.79 Å². The summed E-state index contributed by atoms with van der Waals surface area (Å²) in [5.41, 5.74) is 0.611. The number of hydrogen-bond acceptors (Lipinski definition) is 13. The Bertz CT molecular complexity index is 2290. The van der Waals surface area contributed by atoms with Crippen LogP contribution in [0.1, 0.15) is 223 Å². The van der Waals surface area contributed by atoms with Gasteiger partial charge in [-0.2, -0.15) is 0 Å². The molecule has 2 saturated heterocycles. The molecule has 0 spiro atoms. The zero-order chi connectivity index (χ0) is 64.2. The number of unbranched alkanes of at least 4 members (excludes halogenated alkanes) is 14. The Morgan fingerprint density at radius 3 is 1.86 bits per heavy atom. The van der Waals surface area contributed by atoms with E-state index in [2.05, 4.69) is 22.9 Å². The summed E-state index contributed by atoms with van der Waals surface area (Å²) in [6.07, 6.45) is 14.1. The highest BCUT2D eigenvalue weighted by Gasteiger charge is 2.45. The third-order valence-electron chi connectivity index (χ3n) is 17.3. The first-order valence-electron chi connectivity index (χ1n) is 32.8.